The van der Waals surface area contributed by atoms with Crippen molar-refractivity contribution in [3.63, 3.8) is 0 Å². The number of nitrogens with one attached hydrogen (secondary N) is 1. The van der Waals surface area contributed by atoms with Gasteiger partial charge in [-0.1, -0.05) is 0 Å². The van der Waals surface area contributed by atoms with Crippen molar-refractivity contribution in [3.05, 3.63) is 36.4 Å². The van der Waals surface area contributed by atoms with E-state index in [2.05, 4.69) is 4.72 Å². The number of methoxy groups -OCH3 is 2. The van der Waals surface area contributed by atoms with Crippen LogP contribution in [-0.4, -0.2) is 35.9 Å². The summed E-state index contributed by atoms with van der Waals surface area (Å²) in [5.74, 6) is 1.55. The molecule has 0 saturated carbocycles. The third-order valence-electron chi connectivity index (χ3n) is 3.47. The Labute approximate surface area is 153 Å². The average Bonchev–Trinajstić information content (AvgIpc) is 2.63. The monoisotopic (exact) mass is 381 g/mol. The number of anilines is 1. The quantitative estimate of drug-likeness (QED) is 0.718. The highest BCUT2D eigenvalue weighted by atomic mass is 32.2. The van der Waals surface area contributed by atoms with Crippen LogP contribution in [0.25, 0.3) is 0 Å². The molecule has 0 unspecified atom stereocenters. The molecule has 0 spiro atoms. The maximum atomic E-state index is 12.9. The van der Waals surface area contributed by atoms with E-state index in [1.54, 1.807) is 24.3 Å². The molecule has 2 rings (SSSR count). The molecule has 2 aromatic rings. The molecule has 0 atom stereocenters. The molecule has 0 aliphatic rings. The van der Waals surface area contributed by atoms with Crippen molar-refractivity contribution in [2.24, 2.45) is 0 Å². The number of hydrogen-bond acceptors (Lipinski definition) is 6. The fraction of sp³-hybridized carbons (Fsp3) is 0.333. The summed E-state index contributed by atoms with van der Waals surface area (Å²) in [5, 5.41) is 0. The number of rotatable bonds is 9. The van der Waals surface area contributed by atoms with Gasteiger partial charge in [0.25, 0.3) is 10.0 Å². The Kier molecular flexibility index (Phi) is 6.57. The van der Waals surface area contributed by atoms with Crippen LogP contribution < -0.4 is 23.7 Å². The largest absolute Gasteiger partial charge is 0.497 e. The molecule has 0 saturated heterocycles. The lowest BCUT2D eigenvalue weighted by Crippen LogP contribution is -2.15. The lowest BCUT2D eigenvalue weighted by Gasteiger charge is -2.16. The third-order valence-corrected chi connectivity index (χ3v) is 4.85. The predicted octanol–water partition coefficient (Wildman–Crippen LogP) is 3.30. The summed E-state index contributed by atoms with van der Waals surface area (Å²) >= 11 is 0. The smallest absolute Gasteiger partial charge is 0.265 e. The molecule has 1 N–H and O–H groups in total. The minimum atomic E-state index is -3.95. The molecule has 0 aromatic heterocycles. The third kappa shape index (κ3) is 4.51. The first-order valence-corrected chi connectivity index (χ1v) is 9.58. The van der Waals surface area contributed by atoms with Crippen molar-refractivity contribution in [1.29, 1.82) is 0 Å². The van der Waals surface area contributed by atoms with Crippen LogP contribution in [0.15, 0.2) is 41.3 Å². The SMILES string of the molecule is CCOc1ccc(OCC)c(NS(=O)(=O)c2cc(OC)ccc2OC)c1. The Hall–Kier alpha value is -2.61. The lowest BCUT2D eigenvalue weighted by molar-refractivity contribution is 0.332. The van der Waals surface area contributed by atoms with Gasteiger partial charge < -0.3 is 18.9 Å². The summed E-state index contributed by atoms with van der Waals surface area (Å²) in [4.78, 5) is -0.0383. The van der Waals surface area contributed by atoms with Gasteiger partial charge in [0.2, 0.25) is 0 Å². The van der Waals surface area contributed by atoms with Crippen molar-refractivity contribution in [2.75, 3.05) is 32.2 Å². The van der Waals surface area contributed by atoms with Crippen molar-refractivity contribution in [1.82, 2.24) is 0 Å². The summed E-state index contributed by atoms with van der Waals surface area (Å²) in [5.41, 5.74) is 0.280. The van der Waals surface area contributed by atoms with Gasteiger partial charge in [0.05, 0.1) is 33.1 Å². The topological polar surface area (TPSA) is 83.1 Å². The highest BCUT2D eigenvalue weighted by Crippen LogP contribution is 2.34. The minimum absolute atomic E-state index is 0.0383. The standard InChI is InChI=1S/C18H23NO6S/c1-5-24-14-8-9-16(25-6-2)15(11-14)19-26(20,21)18-12-13(22-3)7-10-17(18)23-4/h7-12,19H,5-6H2,1-4H3. The molecule has 0 radical (unpaired) electrons. The van der Waals surface area contributed by atoms with E-state index in [1.165, 1.54) is 26.4 Å². The minimum Gasteiger partial charge on any atom is -0.497 e. The van der Waals surface area contributed by atoms with Gasteiger partial charge in [0.1, 0.15) is 27.9 Å². The van der Waals surface area contributed by atoms with Crippen molar-refractivity contribution >= 4 is 15.7 Å². The highest BCUT2D eigenvalue weighted by molar-refractivity contribution is 7.92. The van der Waals surface area contributed by atoms with E-state index >= 15 is 0 Å². The second-order valence-corrected chi connectivity index (χ2v) is 6.80. The summed E-state index contributed by atoms with van der Waals surface area (Å²) < 4.78 is 49.7. The van der Waals surface area contributed by atoms with Gasteiger partial charge in [-0.25, -0.2) is 8.42 Å². The Morgan fingerprint density at radius 1 is 0.846 bits per heavy atom. The molecule has 0 aliphatic carbocycles. The molecule has 0 aliphatic heterocycles. The van der Waals surface area contributed by atoms with Crippen LogP contribution in [0.3, 0.4) is 0 Å². The van der Waals surface area contributed by atoms with Gasteiger partial charge in [-0.2, -0.15) is 0 Å². The summed E-state index contributed by atoms with van der Waals surface area (Å²) in [7, 11) is -1.08. The van der Waals surface area contributed by atoms with E-state index < -0.39 is 10.0 Å². The Morgan fingerprint density at radius 2 is 1.50 bits per heavy atom. The number of hydrogen-bond donors (Lipinski definition) is 1. The molecule has 2 aromatic carbocycles. The molecule has 7 nitrogen and oxygen atoms in total. The van der Waals surface area contributed by atoms with E-state index in [0.717, 1.165) is 0 Å². The van der Waals surface area contributed by atoms with Crippen molar-refractivity contribution in [3.8, 4) is 23.0 Å². The van der Waals surface area contributed by atoms with Gasteiger partial charge in [-0.05, 0) is 38.1 Å². The molecule has 0 amide bonds. The van der Waals surface area contributed by atoms with Crippen LogP contribution in [0, 0.1) is 0 Å². The van der Waals surface area contributed by atoms with Crippen LogP contribution in [0.5, 0.6) is 23.0 Å². The number of sulfonamides is 1. The van der Waals surface area contributed by atoms with Gasteiger partial charge in [0, 0.05) is 12.1 Å². The molecule has 26 heavy (non-hydrogen) atoms. The van der Waals surface area contributed by atoms with Gasteiger partial charge in [0.15, 0.2) is 0 Å². The first-order valence-electron chi connectivity index (χ1n) is 8.09. The average molecular weight is 381 g/mol. The summed E-state index contributed by atoms with van der Waals surface area (Å²) in [6, 6.07) is 9.52. The summed E-state index contributed by atoms with van der Waals surface area (Å²) in [6.45, 7) is 4.52. The van der Waals surface area contributed by atoms with E-state index in [0.29, 0.717) is 30.5 Å². The van der Waals surface area contributed by atoms with E-state index in [-0.39, 0.29) is 16.3 Å². The zero-order valence-electron chi connectivity index (χ0n) is 15.2. The normalized spacial score (nSPS) is 10.9. The molecular formula is C18H23NO6S. The number of ether oxygens (including phenoxy) is 4. The van der Waals surface area contributed by atoms with Crippen LogP contribution in [0.1, 0.15) is 13.8 Å². The molecular weight excluding hydrogens is 358 g/mol. The van der Waals surface area contributed by atoms with Crippen molar-refractivity contribution < 1.29 is 27.4 Å². The molecule has 0 heterocycles. The lowest BCUT2D eigenvalue weighted by atomic mass is 10.3. The van der Waals surface area contributed by atoms with E-state index in [4.69, 9.17) is 18.9 Å². The Bertz CT molecular complexity index is 851. The van der Waals surface area contributed by atoms with Crippen LogP contribution in [-0.2, 0) is 10.0 Å². The molecule has 0 bridgehead atoms. The fourth-order valence-corrected chi connectivity index (χ4v) is 3.57. The Balaban J connectivity index is 2.47. The zero-order chi connectivity index (χ0) is 19.2. The van der Waals surface area contributed by atoms with Gasteiger partial charge in [-0.15, -0.1) is 0 Å². The maximum absolute atomic E-state index is 12.9. The van der Waals surface area contributed by atoms with Gasteiger partial charge >= 0.3 is 0 Å². The molecule has 8 heteroatoms. The maximum Gasteiger partial charge on any atom is 0.265 e. The first kappa shape index (κ1) is 19.7. The predicted molar refractivity (Wildman–Crippen MR) is 99.1 cm³/mol. The molecule has 142 valence electrons. The van der Waals surface area contributed by atoms with E-state index in [1.807, 2.05) is 13.8 Å². The fourth-order valence-electron chi connectivity index (χ4n) is 2.32. The number of benzene rings is 2. The Morgan fingerprint density at radius 3 is 2.12 bits per heavy atom. The summed E-state index contributed by atoms with van der Waals surface area (Å²) in [6.07, 6.45) is 0. The van der Waals surface area contributed by atoms with Gasteiger partial charge in [-0.3, -0.25) is 4.72 Å². The zero-order valence-corrected chi connectivity index (χ0v) is 16.1. The molecule has 0 fully saturated rings. The second kappa shape index (κ2) is 8.66. The van der Waals surface area contributed by atoms with Crippen LogP contribution in [0.2, 0.25) is 0 Å². The highest BCUT2D eigenvalue weighted by Gasteiger charge is 2.22. The first-order chi connectivity index (χ1) is 12.4. The van der Waals surface area contributed by atoms with Crippen molar-refractivity contribution in [2.45, 2.75) is 18.7 Å². The second-order valence-electron chi connectivity index (χ2n) is 5.15. The van der Waals surface area contributed by atoms with Crippen LogP contribution in [0.4, 0.5) is 5.69 Å². The van der Waals surface area contributed by atoms with Crippen LogP contribution >= 0.6 is 0 Å². The van der Waals surface area contributed by atoms with E-state index in [9.17, 15) is 8.42 Å².